The van der Waals surface area contributed by atoms with Gasteiger partial charge in [0.15, 0.2) is 0 Å². The van der Waals surface area contributed by atoms with Crippen molar-refractivity contribution in [1.82, 2.24) is 10.2 Å². The summed E-state index contributed by atoms with van der Waals surface area (Å²) >= 11 is 1.99. The smallest absolute Gasteiger partial charge is 0.0197 e. The first-order valence-corrected chi connectivity index (χ1v) is 8.02. The summed E-state index contributed by atoms with van der Waals surface area (Å²) in [6, 6.07) is 0.696. The molecule has 3 heteroatoms. The van der Waals surface area contributed by atoms with Crippen LogP contribution in [0.3, 0.4) is 0 Å². The predicted molar refractivity (Wildman–Crippen MR) is 79.8 cm³/mol. The summed E-state index contributed by atoms with van der Waals surface area (Å²) in [5.74, 6) is 3.12. The monoisotopic (exact) mass is 256 g/mol. The van der Waals surface area contributed by atoms with Crippen LogP contribution in [0.15, 0.2) is 12.7 Å². The van der Waals surface area contributed by atoms with Gasteiger partial charge in [-0.25, -0.2) is 0 Å². The second-order valence-corrected chi connectivity index (χ2v) is 6.45. The van der Waals surface area contributed by atoms with E-state index in [-0.39, 0.29) is 0 Å². The van der Waals surface area contributed by atoms with Gasteiger partial charge < -0.3 is 10.2 Å². The number of nitrogens with one attached hydrogen (secondary N) is 1. The summed E-state index contributed by atoms with van der Waals surface area (Å²) in [7, 11) is 0. The van der Waals surface area contributed by atoms with Gasteiger partial charge in [0, 0.05) is 30.6 Å². The Bertz CT molecular complexity index is 206. The normalized spacial score (nSPS) is 22.6. The number of hydrogen-bond donors (Lipinski definition) is 1. The topological polar surface area (TPSA) is 15.3 Å². The highest BCUT2D eigenvalue weighted by molar-refractivity contribution is 7.99. The average molecular weight is 256 g/mol. The fourth-order valence-corrected chi connectivity index (χ4v) is 3.09. The summed E-state index contributed by atoms with van der Waals surface area (Å²) in [5.41, 5.74) is 0. The van der Waals surface area contributed by atoms with Crippen LogP contribution in [0, 0.1) is 5.92 Å². The van der Waals surface area contributed by atoms with E-state index < -0.39 is 0 Å². The molecular weight excluding hydrogens is 228 g/mol. The molecule has 1 saturated heterocycles. The predicted octanol–water partition coefficient (Wildman–Crippen LogP) is 2.62. The molecule has 0 spiro atoms. The zero-order valence-electron chi connectivity index (χ0n) is 11.5. The molecule has 1 atom stereocenters. The van der Waals surface area contributed by atoms with Crippen molar-refractivity contribution in [2.45, 2.75) is 32.7 Å². The third-order valence-electron chi connectivity index (χ3n) is 3.11. The molecule has 1 rings (SSSR count). The summed E-state index contributed by atoms with van der Waals surface area (Å²) in [5, 5.41) is 3.68. The zero-order chi connectivity index (χ0) is 12.5. The molecule has 1 heterocycles. The molecule has 0 amide bonds. The minimum atomic E-state index is 0.696. The van der Waals surface area contributed by atoms with Crippen LogP contribution in [-0.2, 0) is 0 Å². The Morgan fingerprint density at radius 3 is 3.06 bits per heavy atom. The maximum atomic E-state index is 3.76. The van der Waals surface area contributed by atoms with Crippen molar-refractivity contribution >= 4 is 11.8 Å². The first-order chi connectivity index (χ1) is 8.22. The van der Waals surface area contributed by atoms with E-state index in [1.807, 2.05) is 17.8 Å². The Morgan fingerprint density at radius 1 is 1.53 bits per heavy atom. The third-order valence-corrected chi connectivity index (χ3v) is 4.05. The van der Waals surface area contributed by atoms with Crippen molar-refractivity contribution in [3.8, 4) is 0 Å². The van der Waals surface area contributed by atoms with Gasteiger partial charge in [0.05, 0.1) is 0 Å². The molecule has 0 aromatic heterocycles. The number of thioether (sulfide) groups is 1. The Morgan fingerprint density at radius 2 is 2.35 bits per heavy atom. The quantitative estimate of drug-likeness (QED) is 0.557. The highest BCUT2D eigenvalue weighted by atomic mass is 32.2. The van der Waals surface area contributed by atoms with Crippen molar-refractivity contribution < 1.29 is 0 Å². The molecule has 0 saturated carbocycles. The molecule has 0 aliphatic carbocycles. The lowest BCUT2D eigenvalue weighted by Gasteiger charge is -2.25. The maximum absolute atomic E-state index is 3.76. The van der Waals surface area contributed by atoms with Crippen LogP contribution in [0.2, 0.25) is 0 Å². The lowest BCUT2D eigenvalue weighted by molar-refractivity contribution is 0.269. The molecule has 0 aromatic carbocycles. The molecule has 0 bridgehead atoms. The van der Waals surface area contributed by atoms with Crippen LogP contribution < -0.4 is 5.32 Å². The van der Waals surface area contributed by atoms with Gasteiger partial charge in [0.1, 0.15) is 0 Å². The van der Waals surface area contributed by atoms with Crippen molar-refractivity contribution in [2.75, 3.05) is 37.7 Å². The van der Waals surface area contributed by atoms with E-state index in [2.05, 4.69) is 30.6 Å². The molecule has 1 fully saturated rings. The van der Waals surface area contributed by atoms with Crippen LogP contribution in [0.1, 0.15) is 26.7 Å². The highest BCUT2D eigenvalue weighted by Gasteiger charge is 2.17. The van der Waals surface area contributed by atoms with Crippen molar-refractivity contribution in [1.29, 1.82) is 0 Å². The molecule has 0 radical (unpaired) electrons. The van der Waals surface area contributed by atoms with E-state index >= 15 is 0 Å². The third kappa shape index (κ3) is 7.12. The molecule has 1 aliphatic heterocycles. The summed E-state index contributed by atoms with van der Waals surface area (Å²) < 4.78 is 0. The lowest BCUT2D eigenvalue weighted by Crippen LogP contribution is -2.39. The van der Waals surface area contributed by atoms with Crippen molar-refractivity contribution in [3.63, 3.8) is 0 Å². The first-order valence-electron chi connectivity index (χ1n) is 6.86. The second-order valence-electron chi connectivity index (χ2n) is 5.30. The van der Waals surface area contributed by atoms with Crippen LogP contribution in [0.4, 0.5) is 0 Å². The van der Waals surface area contributed by atoms with Gasteiger partial charge in [-0.05, 0) is 31.8 Å². The van der Waals surface area contributed by atoms with E-state index in [0.29, 0.717) is 6.04 Å². The summed E-state index contributed by atoms with van der Waals surface area (Å²) in [6.07, 6.45) is 4.59. The fourth-order valence-electron chi connectivity index (χ4n) is 2.37. The van der Waals surface area contributed by atoms with Gasteiger partial charge in [-0.15, -0.1) is 6.58 Å². The largest absolute Gasteiger partial charge is 0.313 e. The van der Waals surface area contributed by atoms with Gasteiger partial charge >= 0.3 is 0 Å². The molecule has 1 aliphatic rings. The van der Waals surface area contributed by atoms with E-state index in [1.165, 1.54) is 44.8 Å². The van der Waals surface area contributed by atoms with Gasteiger partial charge in [-0.2, -0.15) is 11.8 Å². The molecule has 17 heavy (non-hydrogen) atoms. The van der Waals surface area contributed by atoms with Crippen molar-refractivity contribution in [2.24, 2.45) is 5.92 Å². The SMILES string of the molecule is C=CCSCCN1CCCNC(CC(C)C)C1. The van der Waals surface area contributed by atoms with Crippen LogP contribution in [-0.4, -0.2) is 48.6 Å². The standard InChI is InChI=1S/C14H28N2S/c1-4-9-17-10-8-16-7-5-6-15-14(12-16)11-13(2)3/h4,13-15H,1,5-12H2,2-3H3. The lowest BCUT2D eigenvalue weighted by atomic mass is 10.0. The van der Waals surface area contributed by atoms with Gasteiger partial charge in [-0.3, -0.25) is 0 Å². The zero-order valence-corrected chi connectivity index (χ0v) is 12.3. The number of rotatable bonds is 7. The highest BCUT2D eigenvalue weighted by Crippen LogP contribution is 2.10. The van der Waals surface area contributed by atoms with Gasteiger partial charge in [0.25, 0.3) is 0 Å². The Balaban J connectivity index is 2.24. The maximum Gasteiger partial charge on any atom is 0.0197 e. The summed E-state index contributed by atoms with van der Waals surface area (Å²) in [4.78, 5) is 2.63. The summed E-state index contributed by atoms with van der Waals surface area (Å²) in [6.45, 7) is 13.3. The Labute approximate surface area is 111 Å². The van der Waals surface area contributed by atoms with Gasteiger partial charge in [-0.1, -0.05) is 19.9 Å². The minimum Gasteiger partial charge on any atom is -0.313 e. The molecule has 100 valence electrons. The Kier molecular flexibility index (Phi) is 7.99. The van der Waals surface area contributed by atoms with E-state index in [4.69, 9.17) is 0 Å². The number of nitrogens with zero attached hydrogens (tertiary/aromatic N) is 1. The fraction of sp³-hybridized carbons (Fsp3) is 0.857. The van der Waals surface area contributed by atoms with Crippen LogP contribution >= 0.6 is 11.8 Å². The first kappa shape index (κ1) is 15.1. The molecule has 0 aromatic rings. The molecule has 2 nitrogen and oxygen atoms in total. The molecular formula is C14H28N2S. The second kappa shape index (κ2) is 9.01. The van der Waals surface area contributed by atoms with E-state index in [0.717, 1.165) is 11.7 Å². The number of hydrogen-bond acceptors (Lipinski definition) is 3. The van der Waals surface area contributed by atoms with Crippen molar-refractivity contribution in [3.05, 3.63) is 12.7 Å². The van der Waals surface area contributed by atoms with Crippen LogP contribution in [0.25, 0.3) is 0 Å². The molecule has 1 N–H and O–H groups in total. The van der Waals surface area contributed by atoms with E-state index in [9.17, 15) is 0 Å². The van der Waals surface area contributed by atoms with E-state index in [1.54, 1.807) is 0 Å². The average Bonchev–Trinajstić information content (AvgIpc) is 2.49. The van der Waals surface area contributed by atoms with Gasteiger partial charge in [0.2, 0.25) is 0 Å². The molecule has 1 unspecified atom stereocenters. The van der Waals surface area contributed by atoms with Crippen LogP contribution in [0.5, 0.6) is 0 Å². The Hall–Kier alpha value is 0.01000. The minimum absolute atomic E-state index is 0.696.